The Bertz CT molecular complexity index is 505. The van der Waals surface area contributed by atoms with Crippen molar-refractivity contribution in [1.82, 2.24) is 10.6 Å². The van der Waals surface area contributed by atoms with Crippen molar-refractivity contribution in [2.75, 3.05) is 25.0 Å². The lowest BCUT2D eigenvalue weighted by molar-refractivity contribution is -0.123. The standard InChI is InChI=1S/C15H21N3O3.ClH/c1-2-16-14(19)10-21-12-6-3-5-11(9-12)18-15(20)13-7-4-8-17-13;/h3,5-6,9,13,17H,2,4,7-8,10H2,1H3,(H,16,19)(H,18,20);1H. The molecule has 1 aliphatic rings. The summed E-state index contributed by atoms with van der Waals surface area (Å²) in [5, 5.41) is 8.66. The van der Waals surface area contributed by atoms with Gasteiger partial charge >= 0.3 is 0 Å². The van der Waals surface area contributed by atoms with E-state index in [1.807, 2.05) is 6.92 Å². The molecule has 22 heavy (non-hydrogen) atoms. The van der Waals surface area contributed by atoms with E-state index in [4.69, 9.17) is 4.74 Å². The van der Waals surface area contributed by atoms with Gasteiger partial charge in [0.15, 0.2) is 6.61 Å². The minimum absolute atomic E-state index is 0. The molecule has 0 bridgehead atoms. The van der Waals surface area contributed by atoms with Gasteiger partial charge in [0, 0.05) is 18.3 Å². The number of amides is 2. The molecule has 7 heteroatoms. The Kier molecular flexibility index (Phi) is 7.70. The highest BCUT2D eigenvalue weighted by Crippen LogP contribution is 2.18. The van der Waals surface area contributed by atoms with Gasteiger partial charge in [0.2, 0.25) is 5.91 Å². The Balaban J connectivity index is 0.00000242. The topological polar surface area (TPSA) is 79.5 Å². The lowest BCUT2D eigenvalue weighted by Gasteiger charge is -2.12. The molecular formula is C15H22ClN3O3. The molecule has 1 heterocycles. The quantitative estimate of drug-likeness (QED) is 0.736. The molecule has 0 aliphatic carbocycles. The zero-order valence-corrected chi connectivity index (χ0v) is 13.4. The molecule has 0 saturated carbocycles. The molecule has 0 radical (unpaired) electrons. The second kappa shape index (κ2) is 9.27. The summed E-state index contributed by atoms with van der Waals surface area (Å²) in [6.45, 7) is 3.28. The first-order valence-corrected chi connectivity index (χ1v) is 7.23. The van der Waals surface area contributed by atoms with E-state index in [-0.39, 0.29) is 36.9 Å². The number of benzene rings is 1. The first-order valence-electron chi connectivity index (χ1n) is 7.23. The number of carbonyl (C=O) groups is 2. The second-order valence-electron chi connectivity index (χ2n) is 4.91. The highest BCUT2D eigenvalue weighted by atomic mass is 35.5. The average Bonchev–Trinajstić information content (AvgIpc) is 3.00. The highest BCUT2D eigenvalue weighted by Gasteiger charge is 2.21. The van der Waals surface area contributed by atoms with Crippen LogP contribution in [0.1, 0.15) is 19.8 Å². The number of ether oxygens (including phenoxy) is 1. The van der Waals surface area contributed by atoms with Gasteiger partial charge in [-0.15, -0.1) is 12.4 Å². The van der Waals surface area contributed by atoms with Crippen LogP contribution < -0.4 is 20.7 Å². The smallest absolute Gasteiger partial charge is 0.257 e. The van der Waals surface area contributed by atoms with Gasteiger partial charge in [-0.1, -0.05) is 6.07 Å². The molecule has 1 atom stereocenters. The van der Waals surface area contributed by atoms with Gasteiger partial charge in [-0.2, -0.15) is 0 Å². The van der Waals surface area contributed by atoms with E-state index in [9.17, 15) is 9.59 Å². The van der Waals surface area contributed by atoms with Crippen molar-refractivity contribution in [3.05, 3.63) is 24.3 Å². The van der Waals surface area contributed by atoms with E-state index >= 15 is 0 Å². The molecule has 2 amide bonds. The summed E-state index contributed by atoms with van der Waals surface area (Å²) in [5.41, 5.74) is 0.669. The fourth-order valence-corrected chi connectivity index (χ4v) is 2.20. The van der Waals surface area contributed by atoms with Crippen LogP contribution in [0.5, 0.6) is 5.75 Å². The van der Waals surface area contributed by atoms with E-state index in [0.29, 0.717) is 18.0 Å². The van der Waals surface area contributed by atoms with Crippen molar-refractivity contribution in [3.63, 3.8) is 0 Å². The van der Waals surface area contributed by atoms with E-state index in [1.54, 1.807) is 24.3 Å². The minimum atomic E-state index is -0.165. The van der Waals surface area contributed by atoms with Crippen LogP contribution in [0.3, 0.4) is 0 Å². The second-order valence-corrected chi connectivity index (χ2v) is 4.91. The van der Waals surface area contributed by atoms with Crippen LogP contribution in [0.15, 0.2) is 24.3 Å². The van der Waals surface area contributed by atoms with Crippen LogP contribution in [0.2, 0.25) is 0 Å². The summed E-state index contributed by atoms with van der Waals surface area (Å²) < 4.78 is 5.39. The number of halogens is 1. The number of carbonyl (C=O) groups excluding carboxylic acids is 2. The molecule has 122 valence electrons. The van der Waals surface area contributed by atoms with Crippen LogP contribution in [0.25, 0.3) is 0 Å². The molecule has 0 spiro atoms. The molecule has 1 saturated heterocycles. The Morgan fingerprint density at radius 2 is 2.23 bits per heavy atom. The molecule has 1 aliphatic heterocycles. The zero-order chi connectivity index (χ0) is 15.1. The van der Waals surface area contributed by atoms with E-state index in [1.165, 1.54) is 0 Å². The molecule has 0 aromatic heterocycles. The normalized spacial score (nSPS) is 16.5. The van der Waals surface area contributed by atoms with E-state index in [2.05, 4.69) is 16.0 Å². The van der Waals surface area contributed by atoms with E-state index < -0.39 is 0 Å². The fourth-order valence-electron chi connectivity index (χ4n) is 2.20. The van der Waals surface area contributed by atoms with Crippen molar-refractivity contribution in [3.8, 4) is 5.75 Å². The fraction of sp³-hybridized carbons (Fsp3) is 0.467. The number of anilines is 1. The first kappa shape index (κ1) is 18.3. The van der Waals surface area contributed by atoms with Gasteiger partial charge in [-0.25, -0.2) is 0 Å². The summed E-state index contributed by atoms with van der Waals surface area (Å²) >= 11 is 0. The molecule has 6 nitrogen and oxygen atoms in total. The first-order chi connectivity index (χ1) is 10.2. The summed E-state index contributed by atoms with van der Waals surface area (Å²) in [5.74, 6) is 0.355. The van der Waals surface area contributed by atoms with Crippen LogP contribution in [0.4, 0.5) is 5.69 Å². The van der Waals surface area contributed by atoms with Crippen LogP contribution >= 0.6 is 12.4 Å². The maximum absolute atomic E-state index is 12.0. The lowest BCUT2D eigenvalue weighted by atomic mass is 10.2. The molecule has 1 aromatic carbocycles. The summed E-state index contributed by atoms with van der Waals surface area (Å²) in [6.07, 6.45) is 1.88. The Hall–Kier alpha value is -1.79. The maximum Gasteiger partial charge on any atom is 0.257 e. The van der Waals surface area contributed by atoms with Gasteiger partial charge in [-0.05, 0) is 38.4 Å². The van der Waals surface area contributed by atoms with Crippen LogP contribution in [-0.2, 0) is 9.59 Å². The van der Waals surface area contributed by atoms with Gasteiger partial charge in [0.05, 0.1) is 6.04 Å². The number of nitrogens with one attached hydrogen (secondary N) is 3. The summed E-state index contributed by atoms with van der Waals surface area (Å²) in [4.78, 5) is 23.3. The van der Waals surface area contributed by atoms with Gasteiger partial charge in [-0.3, -0.25) is 9.59 Å². The Morgan fingerprint density at radius 3 is 2.91 bits per heavy atom. The van der Waals surface area contributed by atoms with Gasteiger partial charge in [0.1, 0.15) is 5.75 Å². The SMILES string of the molecule is CCNC(=O)COc1cccc(NC(=O)C2CCCN2)c1.Cl. The van der Waals surface area contributed by atoms with Crippen molar-refractivity contribution < 1.29 is 14.3 Å². The minimum Gasteiger partial charge on any atom is -0.484 e. The summed E-state index contributed by atoms with van der Waals surface area (Å²) in [7, 11) is 0. The van der Waals surface area contributed by atoms with E-state index in [0.717, 1.165) is 19.4 Å². The van der Waals surface area contributed by atoms with Crippen molar-refractivity contribution in [2.24, 2.45) is 0 Å². The maximum atomic E-state index is 12.0. The number of hydrogen-bond donors (Lipinski definition) is 3. The predicted molar refractivity (Wildman–Crippen MR) is 87.5 cm³/mol. The monoisotopic (exact) mass is 327 g/mol. The molecule has 3 N–H and O–H groups in total. The predicted octanol–water partition coefficient (Wildman–Crippen LogP) is 1.31. The molecule has 1 unspecified atom stereocenters. The molecule has 1 aromatic rings. The largest absolute Gasteiger partial charge is 0.484 e. The third-order valence-electron chi connectivity index (χ3n) is 3.22. The Labute approximate surface area is 136 Å². The Morgan fingerprint density at radius 1 is 1.41 bits per heavy atom. The number of rotatable bonds is 6. The average molecular weight is 328 g/mol. The molecule has 2 rings (SSSR count). The van der Waals surface area contributed by atoms with Crippen LogP contribution in [-0.4, -0.2) is 37.6 Å². The summed E-state index contributed by atoms with van der Waals surface area (Å²) in [6, 6.07) is 6.93. The third-order valence-corrected chi connectivity index (χ3v) is 3.22. The van der Waals surface area contributed by atoms with Gasteiger partial charge in [0.25, 0.3) is 5.91 Å². The van der Waals surface area contributed by atoms with Crippen molar-refractivity contribution >= 4 is 29.9 Å². The van der Waals surface area contributed by atoms with Gasteiger partial charge < -0.3 is 20.7 Å². The molecular weight excluding hydrogens is 306 g/mol. The number of likely N-dealkylation sites (N-methyl/N-ethyl adjacent to an activating group) is 1. The third kappa shape index (κ3) is 5.54. The van der Waals surface area contributed by atoms with Crippen molar-refractivity contribution in [1.29, 1.82) is 0 Å². The van der Waals surface area contributed by atoms with Crippen molar-refractivity contribution in [2.45, 2.75) is 25.8 Å². The van der Waals surface area contributed by atoms with Crippen LogP contribution in [0, 0.1) is 0 Å². The highest BCUT2D eigenvalue weighted by molar-refractivity contribution is 5.95. The number of hydrogen-bond acceptors (Lipinski definition) is 4. The zero-order valence-electron chi connectivity index (χ0n) is 12.6. The lowest BCUT2D eigenvalue weighted by Crippen LogP contribution is -2.35. The molecule has 1 fully saturated rings.